The lowest BCUT2D eigenvalue weighted by molar-refractivity contribution is 0.414. The molecule has 0 aliphatic heterocycles. The van der Waals surface area contributed by atoms with Crippen molar-refractivity contribution >= 4 is 31.8 Å². The van der Waals surface area contributed by atoms with Crippen LogP contribution in [0.2, 0.25) is 0 Å². The Morgan fingerprint density at radius 1 is 0.914 bits per heavy atom. The van der Waals surface area contributed by atoms with Crippen molar-refractivity contribution in [2.75, 3.05) is 13.7 Å². The van der Waals surface area contributed by atoms with E-state index in [4.69, 9.17) is 4.74 Å². The van der Waals surface area contributed by atoms with Crippen LogP contribution in [0.1, 0.15) is 17.0 Å². The number of fused-ring (bicyclic) bond motifs is 2. The molecule has 0 saturated heterocycles. The zero-order valence-corrected chi connectivity index (χ0v) is 19.5. The highest BCUT2D eigenvalue weighted by atomic mass is 32.2. The summed E-state index contributed by atoms with van der Waals surface area (Å²) in [7, 11) is -2.38. The zero-order chi connectivity index (χ0) is 24.6. The molecule has 178 valence electrons. The zero-order valence-electron chi connectivity index (χ0n) is 18.7. The Hall–Kier alpha value is -4.15. The van der Waals surface area contributed by atoms with Crippen molar-refractivity contribution in [2.24, 2.45) is 0 Å². The standard InChI is InChI=1S/C25H22N4O5S/c1-34-16-8-6-15(7-9-16)20(21-13-26-22-5-3-2-4-18(21)22)14-27-35(32,33)17-10-11-23-19(12-17)24(30)29-25(31)28-23/h2-13,20,26-27H,14H2,1H3,(H2,28,29,30,31). The molecule has 0 fully saturated rings. The Bertz CT molecular complexity index is 1750. The van der Waals surface area contributed by atoms with E-state index in [1.807, 2.05) is 54.7 Å². The Kier molecular flexibility index (Phi) is 5.75. The Labute approximate surface area is 199 Å². The van der Waals surface area contributed by atoms with Crippen LogP contribution in [-0.2, 0) is 10.0 Å². The molecule has 1 unspecified atom stereocenters. The molecule has 0 amide bonds. The lowest BCUT2D eigenvalue weighted by atomic mass is 9.91. The van der Waals surface area contributed by atoms with Gasteiger partial charge < -0.3 is 14.7 Å². The molecule has 0 bridgehead atoms. The molecular weight excluding hydrogens is 468 g/mol. The van der Waals surface area contributed by atoms with Crippen LogP contribution in [0.4, 0.5) is 0 Å². The van der Waals surface area contributed by atoms with Crippen molar-refractivity contribution in [1.82, 2.24) is 19.7 Å². The summed E-state index contributed by atoms with van der Waals surface area (Å²) in [4.78, 5) is 31.4. The number of benzene rings is 3. The van der Waals surface area contributed by atoms with Gasteiger partial charge in [0.1, 0.15) is 5.75 Å². The van der Waals surface area contributed by atoms with Crippen molar-refractivity contribution in [2.45, 2.75) is 10.8 Å². The minimum absolute atomic E-state index is 0.0741. The number of aromatic nitrogens is 3. The summed E-state index contributed by atoms with van der Waals surface area (Å²) < 4.78 is 34.4. The van der Waals surface area contributed by atoms with Gasteiger partial charge in [0.05, 0.1) is 22.9 Å². The predicted octanol–water partition coefficient (Wildman–Crippen LogP) is 2.82. The molecule has 0 spiro atoms. The van der Waals surface area contributed by atoms with Gasteiger partial charge in [-0.25, -0.2) is 17.9 Å². The molecule has 3 aromatic carbocycles. The van der Waals surface area contributed by atoms with Gasteiger partial charge in [0.25, 0.3) is 5.56 Å². The van der Waals surface area contributed by atoms with Crippen LogP contribution >= 0.6 is 0 Å². The number of sulfonamides is 1. The first-order valence-corrected chi connectivity index (χ1v) is 12.3. The molecule has 10 heteroatoms. The Morgan fingerprint density at radius 3 is 2.46 bits per heavy atom. The molecule has 0 aliphatic rings. The summed E-state index contributed by atoms with van der Waals surface area (Å²) in [6.45, 7) is 0.0799. The van der Waals surface area contributed by atoms with Crippen molar-refractivity contribution in [3.8, 4) is 5.75 Å². The van der Waals surface area contributed by atoms with E-state index in [9.17, 15) is 18.0 Å². The Balaban J connectivity index is 1.51. The van der Waals surface area contributed by atoms with Crippen LogP contribution in [-0.4, -0.2) is 37.0 Å². The van der Waals surface area contributed by atoms with Crippen molar-refractivity contribution in [3.05, 3.63) is 105 Å². The number of methoxy groups -OCH3 is 1. The summed E-state index contributed by atoms with van der Waals surface area (Å²) in [5.41, 5.74) is 1.75. The summed E-state index contributed by atoms with van der Waals surface area (Å²) in [6, 6.07) is 19.3. The number of H-pyrrole nitrogens is 3. The van der Waals surface area contributed by atoms with Crippen LogP contribution in [0.3, 0.4) is 0 Å². The number of hydrogen-bond donors (Lipinski definition) is 4. The molecule has 0 radical (unpaired) electrons. The molecule has 0 saturated carbocycles. The molecule has 1 atom stereocenters. The van der Waals surface area contributed by atoms with E-state index in [1.54, 1.807) is 7.11 Å². The number of ether oxygens (including phenoxy) is 1. The maximum Gasteiger partial charge on any atom is 0.326 e. The van der Waals surface area contributed by atoms with Gasteiger partial charge in [0.2, 0.25) is 10.0 Å². The lowest BCUT2D eigenvalue weighted by Crippen LogP contribution is -2.29. The van der Waals surface area contributed by atoms with Gasteiger partial charge >= 0.3 is 5.69 Å². The fourth-order valence-corrected chi connectivity index (χ4v) is 5.29. The first-order valence-electron chi connectivity index (χ1n) is 10.8. The van der Waals surface area contributed by atoms with Gasteiger partial charge in [0, 0.05) is 29.6 Å². The highest BCUT2D eigenvalue weighted by Crippen LogP contribution is 2.32. The molecule has 35 heavy (non-hydrogen) atoms. The largest absolute Gasteiger partial charge is 0.497 e. The average molecular weight is 491 g/mol. The Morgan fingerprint density at radius 2 is 1.69 bits per heavy atom. The topological polar surface area (TPSA) is 137 Å². The fraction of sp³-hybridized carbons (Fsp3) is 0.120. The number of aromatic amines is 3. The summed E-state index contributed by atoms with van der Waals surface area (Å²) in [6.07, 6.45) is 1.89. The number of hydrogen-bond acceptors (Lipinski definition) is 5. The predicted molar refractivity (Wildman–Crippen MR) is 134 cm³/mol. The van der Waals surface area contributed by atoms with Gasteiger partial charge in [-0.15, -0.1) is 0 Å². The first kappa shape index (κ1) is 22.6. The van der Waals surface area contributed by atoms with E-state index in [0.29, 0.717) is 5.75 Å². The van der Waals surface area contributed by atoms with Crippen LogP contribution in [0, 0.1) is 0 Å². The molecule has 9 nitrogen and oxygen atoms in total. The monoisotopic (exact) mass is 490 g/mol. The molecule has 5 aromatic rings. The third-order valence-corrected chi connectivity index (χ3v) is 7.43. The van der Waals surface area contributed by atoms with Crippen LogP contribution in [0.15, 0.2) is 87.4 Å². The van der Waals surface area contributed by atoms with Gasteiger partial charge in [-0.1, -0.05) is 30.3 Å². The second-order valence-corrected chi connectivity index (χ2v) is 9.85. The van der Waals surface area contributed by atoms with E-state index in [0.717, 1.165) is 22.0 Å². The van der Waals surface area contributed by atoms with E-state index >= 15 is 0 Å². The maximum atomic E-state index is 13.2. The minimum Gasteiger partial charge on any atom is -0.497 e. The average Bonchev–Trinajstić information content (AvgIpc) is 3.28. The summed E-state index contributed by atoms with van der Waals surface area (Å²) in [5.74, 6) is 0.401. The van der Waals surface area contributed by atoms with Crippen molar-refractivity contribution < 1.29 is 13.2 Å². The minimum atomic E-state index is -3.97. The summed E-state index contributed by atoms with van der Waals surface area (Å²) >= 11 is 0. The van der Waals surface area contributed by atoms with E-state index in [2.05, 4.69) is 19.7 Å². The van der Waals surface area contributed by atoms with E-state index in [1.165, 1.54) is 18.2 Å². The van der Waals surface area contributed by atoms with Crippen molar-refractivity contribution in [1.29, 1.82) is 0 Å². The molecule has 2 heterocycles. The third kappa shape index (κ3) is 4.36. The molecule has 5 rings (SSSR count). The second kappa shape index (κ2) is 8.90. The van der Waals surface area contributed by atoms with Gasteiger partial charge in [-0.05, 0) is 47.5 Å². The normalized spacial score (nSPS) is 12.7. The SMILES string of the molecule is COc1ccc(C(CNS(=O)(=O)c2ccc3[nH]c(=O)[nH]c(=O)c3c2)c2c[nH]c3ccccc23)cc1. The lowest BCUT2D eigenvalue weighted by Gasteiger charge is -2.19. The third-order valence-electron chi connectivity index (χ3n) is 6.01. The number of para-hydroxylation sites is 1. The molecule has 2 aromatic heterocycles. The molecular formula is C25H22N4O5S. The van der Waals surface area contributed by atoms with Gasteiger partial charge in [-0.3, -0.25) is 9.78 Å². The molecule has 4 N–H and O–H groups in total. The fourth-order valence-electron chi connectivity index (χ4n) is 4.21. The highest BCUT2D eigenvalue weighted by Gasteiger charge is 2.23. The number of rotatable bonds is 7. The molecule has 0 aliphatic carbocycles. The van der Waals surface area contributed by atoms with Crippen LogP contribution in [0.5, 0.6) is 5.75 Å². The van der Waals surface area contributed by atoms with Gasteiger partial charge in [0.15, 0.2) is 0 Å². The second-order valence-electron chi connectivity index (χ2n) is 8.08. The first-order chi connectivity index (χ1) is 16.9. The number of nitrogens with one attached hydrogen (secondary N) is 4. The maximum absolute atomic E-state index is 13.2. The smallest absolute Gasteiger partial charge is 0.326 e. The van der Waals surface area contributed by atoms with E-state index < -0.39 is 21.3 Å². The highest BCUT2D eigenvalue weighted by molar-refractivity contribution is 7.89. The van der Waals surface area contributed by atoms with Crippen molar-refractivity contribution in [3.63, 3.8) is 0 Å². The van der Waals surface area contributed by atoms with Gasteiger partial charge in [-0.2, -0.15) is 0 Å². The summed E-state index contributed by atoms with van der Waals surface area (Å²) in [5, 5.41) is 1.07. The quantitative estimate of drug-likeness (QED) is 0.278. The van der Waals surface area contributed by atoms with Crippen LogP contribution in [0.25, 0.3) is 21.8 Å². The van der Waals surface area contributed by atoms with Crippen LogP contribution < -0.4 is 20.7 Å². The van der Waals surface area contributed by atoms with E-state index in [-0.39, 0.29) is 28.3 Å².